The van der Waals surface area contributed by atoms with E-state index in [1.54, 1.807) is 0 Å². The largest absolute Gasteiger partial charge is 0.484 e. The molecule has 2 aliphatic heterocycles. The average molecular weight is 359 g/mol. The van der Waals surface area contributed by atoms with Crippen LogP contribution in [0.25, 0.3) is 0 Å². The lowest BCUT2D eigenvalue weighted by Gasteiger charge is -2.46. The van der Waals surface area contributed by atoms with E-state index in [9.17, 15) is 4.79 Å². The van der Waals surface area contributed by atoms with E-state index < -0.39 is 0 Å². The van der Waals surface area contributed by atoms with Crippen LogP contribution in [0.1, 0.15) is 38.5 Å². The first-order chi connectivity index (χ1) is 12.7. The fourth-order valence-corrected chi connectivity index (χ4v) is 3.95. The average Bonchev–Trinajstić information content (AvgIpc) is 3.51. The number of likely N-dealkylation sites (tertiary alicyclic amines) is 1. The van der Waals surface area contributed by atoms with Gasteiger partial charge in [-0.15, -0.1) is 0 Å². The van der Waals surface area contributed by atoms with Gasteiger partial charge in [-0.1, -0.05) is 18.2 Å². The van der Waals surface area contributed by atoms with Crippen molar-refractivity contribution in [3.8, 4) is 5.75 Å². The van der Waals surface area contributed by atoms with Crippen molar-refractivity contribution in [3.05, 3.63) is 30.3 Å². The Bertz CT molecular complexity index is 593. The summed E-state index contributed by atoms with van der Waals surface area (Å²) in [6, 6.07) is 9.50. The molecule has 1 amide bonds. The van der Waals surface area contributed by atoms with Gasteiger partial charge in [-0.05, 0) is 50.2 Å². The summed E-state index contributed by atoms with van der Waals surface area (Å²) >= 11 is 0. The normalized spacial score (nSPS) is 25.2. The van der Waals surface area contributed by atoms with Gasteiger partial charge in [0.15, 0.2) is 6.61 Å². The van der Waals surface area contributed by atoms with Crippen LogP contribution in [0.15, 0.2) is 30.3 Å². The van der Waals surface area contributed by atoms with Crippen LogP contribution < -0.4 is 4.74 Å². The first kappa shape index (κ1) is 17.8. The predicted octanol–water partition coefficient (Wildman–Crippen LogP) is 3.03. The molecule has 0 bridgehead atoms. The Balaban J connectivity index is 1.23. The fraction of sp³-hybridized carbons (Fsp3) is 0.667. The topological polar surface area (TPSA) is 48.0 Å². The van der Waals surface area contributed by atoms with Crippen molar-refractivity contribution < 1.29 is 19.0 Å². The van der Waals surface area contributed by atoms with Gasteiger partial charge in [-0.25, -0.2) is 0 Å². The zero-order valence-corrected chi connectivity index (χ0v) is 15.4. The lowest BCUT2D eigenvalue weighted by Crippen LogP contribution is -2.52. The molecule has 1 spiro atoms. The second kappa shape index (κ2) is 7.97. The van der Waals surface area contributed by atoms with E-state index in [0.29, 0.717) is 6.10 Å². The standard InChI is InChI=1S/C21H29NO4/c23-20(16-25-18-4-2-1-3-5-18)22-11-9-21(10-12-22)14-19(8-13-26-21)24-15-17-6-7-17/h1-5,17,19H,6-16H2. The molecule has 5 heteroatoms. The highest BCUT2D eigenvalue weighted by molar-refractivity contribution is 5.77. The zero-order valence-electron chi connectivity index (χ0n) is 15.4. The summed E-state index contributed by atoms with van der Waals surface area (Å²) in [5, 5.41) is 0. The minimum atomic E-state index is -0.0937. The molecule has 0 radical (unpaired) electrons. The second-order valence-electron chi connectivity index (χ2n) is 7.91. The Morgan fingerprint density at radius 1 is 1.15 bits per heavy atom. The smallest absolute Gasteiger partial charge is 0.260 e. The molecule has 0 N–H and O–H groups in total. The van der Waals surface area contributed by atoms with E-state index in [-0.39, 0.29) is 18.1 Å². The van der Waals surface area contributed by atoms with Gasteiger partial charge in [-0.2, -0.15) is 0 Å². The van der Waals surface area contributed by atoms with E-state index in [0.717, 1.165) is 63.7 Å². The maximum absolute atomic E-state index is 12.4. The highest BCUT2D eigenvalue weighted by Crippen LogP contribution is 2.37. The van der Waals surface area contributed by atoms with Gasteiger partial charge < -0.3 is 19.1 Å². The molecule has 2 heterocycles. The van der Waals surface area contributed by atoms with Crippen LogP contribution in [-0.4, -0.2) is 55.4 Å². The van der Waals surface area contributed by atoms with Gasteiger partial charge in [0.2, 0.25) is 0 Å². The third kappa shape index (κ3) is 4.57. The molecule has 0 aromatic heterocycles. The molecule has 3 aliphatic rings. The number of para-hydroxylation sites is 1. The molecule has 1 aliphatic carbocycles. The third-order valence-electron chi connectivity index (χ3n) is 5.85. The lowest BCUT2D eigenvalue weighted by molar-refractivity contribution is -0.162. The number of rotatable bonds is 6. The number of piperidine rings is 1. The number of hydrogen-bond donors (Lipinski definition) is 0. The number of carbonyl (C=O) groups excluding carboxylic acids is 1. The molecule has 4 rings (SSSR count). The Kier molecular flexibility index (Phi) is 5.46. The maximum atomic E-state index is 12.4. The maximum Gasteiger partial charge on any atom is 0.260 e. The van der Waals surface area contributed by atoms with Crippen LogP contribution in [0.3, 0.4) is 0 Å². The summed E-state index contributed by atoms with van der Waals surface area (Å²) in [7, 11) is 0. The number of benzene rings is 1. The van der Waals surface area contributed by atoms with E-state index in [1.807, 2.05) is 35.2 Å². The van der Waals surface area contributed by atoms with E-state index in [1.165, 1.54) is 12.8 Å². The summed E-state index contributed by atoms with van der Waals surface area (Å²) in [6.07, 6.45) is 6.76. The number of hydrogen-bond acceptors (Lipinski definition) is 4. The van der Waals surface area contributed by atoms with Crippen molar-refractivity contribution in [1.29, 1.82) is 0 Å². The van der Waals surface area contributed by atoms with Crippen LogP contribution in [-0.2, 0) is 14.3 Å². The van der Waals surface area contributed by atoms with Gasteiger partial charge >= 0.3 is 0 Å². The SMILES string of the molecule is O=C(COc1ccccc1)N1CCC2(CC1)CC(OCC1CC1)CCO2. The first-order valence-electron chi connectivity index (χ1n) is 9.94. The molecule has 26 heavy (non-hydrogen) atoms. The predicted molar refractivity (Wildman–Crippen MR) is 98.1 cm³/mol. The lowest BCUT2D eigenvalue weighted by atomic mass is 9.83. The molecule has 2 saturated heterocycles. The van der Waals surface area contributed by atoms with Crippen LogP contribution in [0.5, 0.6) is 5.75 Å². The monoisotopic (exact) mass is 359 g/mol. The van der Waals surface area contributed by atoms with Crippen molar-refractivity contribution in [3.63, 3.8) is 0 Å². The van der Waals surface area contributed by atoms with Gasteiger partial charge in [-0.3, -0.25) is 4.79 Å². The van der Waals surface area contributed by atoms with Gasteiger partial charge in [0.05, 0.1) is 11.7 Å². The molecular weight excluding hydrogens is 330 g/mol. The molecule has 1 atom stereocenters. The van der Waals surface area contributed by atoms with Gasteiger partial charge in [0.1, 0.15) is 5.75 Å². The molecule has 1 unspecified atom stereocenters. The molecule has 1 aromatic rings. The van der Waals surface area contributed by atoms with Gasteiger partial charge in [0, 0.05) is 32.7 Å². The van der Waals surface area contributed by atoms with E-state index in [4.69, 9.17) is 14.2 Å². The van der Waals surface area contributed by atoms with Crippen LogP contribution in [0.2, 0.25) is 0 Å². The summed E-state index contributed by atoms with van der Waals surface area (Å²) in [5.74, 6) is 1.60. The van der Waals surface area contributed by atoms with Crippen LogP contribution in [0.4, 0.5) is 0 Å². The molecule has 5 nitrogen and oxygen atoms in total. The first-order valence-corrected chi connectivity index (χ1v) is 9.94. The molecular formula is C21H29NO4. The van der Waals surface area contributed by atoms with E-state index in [2.05, 4.69) is 0 Å². The number of carbonyl (C=O) groups is 1. The number of amides is 1. The second-order valence-corrected chi connectivity index (χ2v) is 7.91. The number of ether oxygens (including phenoxy) is 3. The van der Waals surface area contributed by atoms with E-state index >= 15 is 0 Å². The summed E-state index contributed by atoms with van der Waals surface area (Å²) in [6.45, 7) is 3.28. The van der Waals surface area contributed by atoms with Crippen LogP contribution >= 0.6 is 0 Å². The Labute approximate surface area is 155 Å². The molecule has 1 saturated carbocycles. The fourth-order valence-electron chi connectivity index (χ4n) is 3.95. The van der Waals surface area contributed by atoms with Gasteiger partial charge in [0.25, 0.3) is 5.91 Å². The molecule has 1 aromatic carbocycles. The molecule has 3 fully saturated rings. The van der Waals surface area contributed by atoms with Crippen molar-refractivity contribution in [2.24, 2.45) is 5.92 Å². The minimum absolute atomic E-state index is 0.0565. The van der Waals surface area contributed by atoms with Crippen molar-refractivity contribution in [2.75, 3.05) is 32.9 Å². The van der Waals surface area contributed by atoms with Crippen molar-refractivity contribution in [1.82, 2.24) is 4.90 Å². The highest BCUT2D eigenvalue weighted by atomic mass is 16.5. The Hall–Kier alpha value is -1.59. The minimum Gasteiger partial charge on any atom is -0.484 e. The Morgan fingerprint density at radius 3 is 2.65 bits per heavy atom. The summed E-state index contributed by atoms with van der Waals surface area (Å²) in [5.41, 5.74) is -0.0937. The highest BCUT2D eigenvalue weighted by Gasteiger charge is 2.41. The number of nitrogens with zero attached hydrogens (tertiary/aromatic N) is 1. The Morgan fingerprint density at radius 2 is 1.92 bits per heavy atom. The summed E-state index contributed by atoms with van der Waals surface area (Å²) in [4.78, 5) is 14.3. The quantitative estimate of drug-likeness (QED) is 0.783. The van der Waals surface area contributed by atoms with Crippen molar-refractivity contribution in [2.45, 2.75) is 50.2 Å². The third-order valence-corrected chi connectivity index (χ3v) is 5.85. The molecule has 142 valence electrons. The van der Waals surface area contributed by atoms with Crippen molar-refractivity contribution >= 4 is 5.91 Å². The summed E-state index contributed by atoms with van der Waals surface area (Å²) < 4.78 is 17.9. The van der Waals surface area contributed by atoms with Crippen LogP contribution in [0, 0.1) is 5.92 Å². The zero-order chi connectivity index (χ0) is 17.8.